The molecule has 1 aliphatic heterocycles. The van der Waals surface area contributed by atoms with Crippen molar-refractivity contribution in [2.75, 3.05) is 45.2 Å². The van der Waals surface area contributed by atoms with Crippen LogP contribution in [0.4, 0.5) is 5.00 Å². The van der Waals surface area contributed by atoms with Crippen LogP contribution in [-0.2, 0) is 4.79 Å². The highest BCUT2D eigenvalue weighted by molar-refractivity contribution is 14.0. The average Bonchev–Trinajstić information content (AvgIpc) is 3.26. The van der Waals surface area contributed by atoms with Crippen molar-refractivity contribution in [3.8, 4) is 0 Å². The fourth-order valence-electron chi connectivity index (χ4n) is 3.96. The van der Waals surface area contributed by atoms with E-state index in [-0.39, 0.29) is 36.4 Å². The maximum absolute atomic E-state index is 12.0. The molecule has 0 radical (unpaired) electrons. The van der Waals surface area contributed by atoms with Crippen LogP contribution in [0.5, 0.6) is 0 Å². The second kappa shape index (κ2) is 12.6. The average molecular weight is 534 g/mol. The van der Waals surface area contributed by atoms with Crippen molar-refractivity contribution >= 4 is 52.2 Å². The predicted octanol–water partition coefficient (Wildman–Crippen LogP) is 3.54. The van der Waals surface area contributed by atoms with Crippen LogP contribution in [-0.4, -0.2) is 63.1 Å². The number of hydrogen-bond acceptors (Lipinski definition) is 4. The maximum atomic E-state index is 12.0. The molecule has 0 bridgehead atoms. The molecule has 164 valence electrons. The molecular formula is C21H36IN5OS. The predicted molar refractivity (Wildman–Crippen MR) is 134 cm³/mol. The lowest BCUT2D eigenvalue weighted by molar-refractivity contribution is -0.127. The normalized spacial score (nSPS) is 18.8. The van der Waals surface area contributed by atoms with Gasteiger partial charge in [0.05, 0.1) is 5.00 Å². The van der Waals surface area contributed by atoms with E-state index in [1.54, 1.807) is 19.0 Å². The lowest BCUT2D eigenvalue weighted by Crippen LogP contribution is -2.49. The van der Waals surface area contributed by atoms with Crippen molar-refractivity contribution in [3.63, 3.8) is 0 Å². The Morgan fingerprint density at radius 1 is 1.21 bits per heavy atom. The fourth-order valence-corrected chi connectivity index (χ4v) is 4.75. The topological polar surface area (TPSA) is 60.0 Å². The van der Waals surface area contributed by atoms with E-state index in [1.807, 2.05) is 11.3 Å². The second-order valence-electron chi connectivity index (χ2n) is 8.19. The molecule has 0 unspecified atom stereocenters. The number of thiophene rings is 1. The first-order valence-electron chi connectivity index (χ1n) is 10.7. The molecule has 2 heterocycles. The number of anilines is 1. The zero-order chi connectivity index (χ0) is 19.8. The highest BCUT2D eigenvalue weighted by Gasteiger charge is 2.21. The zero-order valence-electron chi connectivity index (χ0n) is 17.7. The number of carbonyl (C=O) groups is 1. The summed E-state index contributed by atoms with van der Waals surface area (Å²) in [7, 11) is 3.56. The Bertz CT molecular complexity index is 623. The van der Waals surface area contributed by atoms with Crippen LogP contribution in [0, 0.1) is 5.92 Å². The Morgan fingerprint density at radius 3 is 2.55 bits per heavy atom. The lowest BCUT2D eigenvalue weighted by atomic mass is 9.89. The number of amides is 1. The molecule has 1 saturated heterocycles. The summed E-state index contributed by atoms with van der Waals surface area (Å²) < 4.78 is 0. The van der Waals surface area contributed by atoms with Crippen molar-refractivity contribution < 1.29 is 4.79 Å². The number of carbonyl (C=O) groups excluding carboxylic acids is 1. The third-order valence-corrected chi connectivity index (χ3v) is 6.74. The lowest BCUT2D eigenvalue weighted by Gasteiger charge is -2.34. The quantitative estimate of drug-likeness (QED) is 0.334. The van der Waals surface area contributed by atoms with E-state index in [0.717, 1.165) is 44.4 Å². The molecule has 2 fully saturated rings. The van der Waals surface area contributed by atoms with Crippen LogP contribution < -0.4 is 15.5 Å². The zero-order valence-corrected chi connectivity index (χ0v) is 20.9. The van der Waals surface area contributed by atoms with Gasteiger partial charge in [-0.3, -0.25) is 4.79 Å². The molecule has 1 aliphatic carbocycles. The van der Waals surface area contributed by atoms with Gasteiger partial charge in [-0.05, 0) is 49.1 Å². The number of nitrogens with one attached hydrogen (secondary N) is 2. The molecular weight excluding hydrogens is 497 g/mol. The molecule has 2 aliphatic rings. The van der Waals surface area contributed by atoms with Gasteiger partial charge >= 0.3 is 0 Å². The van der Waals surface area contributed by atoms with Crippen molar-refractivity contribution in [2.45, 2.75) is 51.0 Å². The summed E-state index contributed by atoms with van der Waals surface area (Å²) in [6, 6.07) is 4.72. The summed E-state index contributed by atoms with van der Waals surface area (Å²) in [4.78, 5) is 20.6. The number of piperidine rings is 1. The Labute approximate surface area is 196 Å². The van der Waals surface area contributed by atoms with Crippen LogP contribution in [0.1, 0.15) is 44.9 Å². The number of guanidine groups is 1. The number of rotatable bonds is 6. The van der Waals surface area contributed by atoms with Gasteiger partial charge in [-0.1, -0.05) is 19.3 Å². The summed E-state index contributed by atoms with van der Waals surface area (Å²) in [5, 5.41) is 10.6. The number of aliphatic imine (C=N–C) groups is 1. The standard InChI is InChI=1S/C21H35N5OS.HI/c1-25(2)19(27)16-23-21(22-15-17-7-4-3-5-8-17)24-18-10-12-26(13-11-18)20-9-6-14-28-20;/h6,9,14,17-18H,3-5,7-8,10-13,15-16H2,1-2H3,(H2,22,23,24);1H. The first kappa shape index (κ1) is 24.2. The Balaban J connectivity index is 0.00000300. The number of hydrogen-bond donors (Lipinski definition) is 2. The number of likely N-dealkylation sites (N-methyl/N-ethyl adjacent to an activating group) is 1. The van der Waals surface area contributed by atoms with Gasteiger partial charge in [0.1, 0.15) is 6.54 Å². The summed E-state index contributed by atoms with van der Waals surface area (Å²) in [5.74, 6) is 1.56. The van der Waals surface area contributed by atoms with Crippen LogP contribution in [0.15, 0.2) is 22.5 Å². The molecule has 1 amide bonds. The molecule has 3 rings (SSSR count). The molecule has 8 heteroatoms. The van der Waals surface area contributed by atoms with Crippen LogP contribution in [0.2, 0.25) is 0 Å². The van der Waals surface area contributed by atoms with Crippen molar-refractivity contribution in [1.29, 1.82) is 0 Å². The van der Waals surface area contributed by atoms with Gasteiger partial charge in [0, 0.05) is 39.8 Å². The third kappa shape index (κ3) is 7.96. The minimum absolute atomic E-state index is 0. The molecule has 0 spiro atoms. The first-order chi connectivity index (χ1) is 13.6. The van der Waals surface area contributed by atoms with Crippen LogP contribution >= 0.6 is 35.3 Å². The first-order valence-corrected chi connectivity index (χ1v) is 11.5. The smallest absolute Gasteiger partial charge is 0.243 e. The van der Waals surface area contributed by atoms with Crippen molar-refractivity contribution in [1.82, 2.24) is 15.5 Å². The molecule has 1 saturated carbocycles. The van der Waals surface area contributed by atoms with E-state index < -0.39 is 0 Å². The van der Waals surface area contributed by atoms with Gasteiger partial charge in [0.25, 0.3) is 0 Å². The van der Waals surface area contributed by atoms with Gasteiger partial charge in [-0.25, -0.2) is 4.99 Å². The molecule has 0 aromatic carbocycles. The Hall–Kier alpha value is -1.03. The fraction of sp³-hybridized carbons (Fsp3) is 0.714. The van der Waals surface area contributed by atoms with Crippen LogP contribution in [0.3, 0.4) is 0 Å². The van der Waals surface area contributed by atoms with E-state index in [0.29, 0.717) is 6.04 Å². The summed E-state index contributed by atoms with van der Waals surface area (Å²) in [6.07, 6.45) is 8.83. The van der Waals surface area contributed by atoms with E-state index in [4.69, 9.17) is 0 Å². The molecule has 1 aromatic rings. The van der Waals surface area contributed by atoms with Gasteiger partial charge in [0.15, 0.2) is 5.96 Å². The number of halogens is 1. The molecule has 0 atom stereocenters. The van der Waals surface area contributed by atoms with Gasteiger partial charge in [0.2, 0.25) is 5.91 Å². The summed E-state index contributed by atoms with van der Waals surface area (Å²) in [5.41, 5.74) is 0. The minimum Gasteiger partial charge on any atom is -0.363 e. The van der Waals surface area contributed by atoms with E-state index in [9.17, 15) is 4.79 Å². The van der Waals surface area contributed by atoms with Gasteiger partial charge in [-0.15, -0.1) is 35.3 Å². The summed E-state index contributed by atoms with van der Waals surface area (Å²) in [6.45, 7) is 3.27. The highest BCUT2D eigenvalue weighted by Crippen LogP contribution is 2.25. The highest BCUT2D eigenvalue weighted by atomic mass is 127. The molecule has 29 heavy (non-hydrogen) atoms. The third-order valence-electron chi connectivity index (χ3n) is 5.81. The van der Waals surface area contributed by atoms with Crippen molar-refractivity contribution in [2.24, 2.45) is 10.9 Å². The van der Waals surface area contributed by atoms with Gasteiger partial charge < -0.3 is 20.4 Å². The molecule has 2 N–H and O–H groups in total. The van der Waals surface area contributed by atoms with Crippen molar-refractivity contribution in [3.05, 3.63) is 17.5 Å². The van der Waals surface area contributed by atoms with Crippen LogP contribution in [0.25, 0.3) is 0 Å². The Kier molecular flexibility index (Phi) is 10.5. The van der Waals surface area contributed by atoms with Gasteiger partial charge in [-0.2, -0.15) is 0 Å². The molecule has 6 nitrogen and oxygen atoms in total. The molecule has 1 aromatic heterocycles. The van der Waals surface area contributed by atoms with E-state index in [2.05, 4.69) is 38.0 Å². The Morgan fingerprint density at radius 2 is 1.93 bits per heavy atom. The maximum Gasteiger partial charge on any atom is 0.243 e. The largest absolute Gasteiger partial charge is 0.363 e. The summed E-state index contributed by atoms with van der Waals surface area (Å²) >= 11 is 1.81. The van der Waals surface area contributed by atoms with E-state index >= 15 is 0 Å². The van der Waals surface area contributed by atoms with E-state index in [1.165, 1.54) is 37.1 Å². The monoisotopic (exact) mass is 533 g/mol. The second-order valence-corrected chi connectivity index (χ2v) is 9.12. The minimum atomic E-state index is 0. The number of nitrogens with zero attached hydrogens (tertiary/aromatic N) is 3. The SMILES string of the molecule is CN(C)C(=O)CN=C(NCC1CCCCC1)NC1CCN(c2cccs2)CC1.I.